The summed E-state index contributed by atoms with van der Waals surface area (Å²) >= 11 is 0. The van der Waals surface area contributed by atoms with Gasteiger partial charge in [-0.05, 0) is 51.4 Å². The number of hydrogen-bond donors (Lipinski definition) is 9. The van der Waals surface area contributed by atoms with Gasteiger partial charge in [0.05, 0.1) is 32.0 Å². The van der Waals surface area contributed by atoms with Crippen LogP contribution < -0.4 is 5.32 Å². The molecule has 2 heterocycles. The lowest BCUT2D eigenvalue weighted by molar-refractivity contribution is -0.359. The summed E-state index contributed by atoms with van der Waals surface area (Å²) in [6, 6.07) is -0.909. The van der Waals surface area contributed by atoms with Crippen molar-refractivity contribution in [3.8, 4) is 0 Å². The summed E-state index contributed by atoms with van der Waals surface area (Å²) in [5.41, 5.74) is 0. The molecule has 0 spiro atoms. The van der Waals surface area contributed by atoms with E-state index < -0.39 is 86.8 Å². The zero-order valence-corrected chi connectivity index (χ0v) is 42.3. The number of rotatable bonds is 42. The second-order valence-corrected chi connectivity index (χ2v) is 19.4. The second-order valence-electron chi connectivity index (χ2n) is 19.4. The van der Waals surface area contributed by atoms with Crippen LogP contribution in [0.1, 0.15) is 206 Å². The average Bonchev–Trinajstić information content (AvgIpc) is 3.34. The minimum Gasteiger partial charge on any atom is -0.394 e. The maximum atomic E-state index is 13.1. The van der Waals surface area contributed by atoms with Crippen LogP contribution in [0.5, 0.6) is 0 Å². The Bertz CT molecular complexity index is 1280. The van der Waals surface area contributed by atoms with Gasteiger partial charge in [-0.1, -0.05) is 185 Å². The average molecular weight is 970 g/mol. The van der Waals surface area contributed by atoms with Gasteiger partial charge >= 0.3 is 0 Å². The van der Waals surface area contributed by atoms with E-state index in [1.54, 1.807) is 6.08 Å². The molecule has 2 aliphatic rings. The van der Waals surface area contributed by atoms with Crippen LogP contribution in [0, 0.1) is 0 Å². The van der Waals surface area contributed by atoms with Gasteiger partial charge in [0.1, 0.15) is 48.8 Å². The molecule has 14 heteroatoms. The number of allylic oxidation sites excluding steroid dienone is 5. The normalized spacial score (nSPS) is 26.6. The second kappa shape index (κ2) is 40.8. The van der Waals surface area contributed by atoms with Gasteiger partial charge in [-0.25, -0.2) is 0 Å². The molecule has 398 valence electrons. The molecule has 68 heavy (non-hydrogen) atoms. The van der Waals surface area contributed by atoms with Gasteiger partial charge in [0.15, 0.2) is 12.6 Å². The van der Waals surface area contributed by atoms with Gasteiger partial charge in [-0.2, -0.15) is 0 Å². The first kappa shape index (κ1) is 62.3. The Kier molecular flexibility index (Phi) is 37.4. The van der Waals surface area contributed by atoms with Gasteiger partial charge in [0.25, 0.3) is 0 Å². The Hall–Kier alpha value is -1.79. The number of aliphatic hydroxyl groups is 8. The highest BCUT2D eigenvalue weighted by atomic mass is 16.7. The summed E-state index contributed by atoms with van der Waals surface area (Å²) in [5, 5.41) is 86.2. The van der Waals surface area contributed by atoms with Crippen molar-refractivity contribution in [3.63, 3.8) is 0 Å². The maximum absolute atomic E-state index is 13.1. The van der Waals surface area contributed by atoms with E-state index in [1.807, 2.05) is 6.08 Å². The van der Waals surface area contributed by atoms with Crippen molar-refractivity contribution in [1.29, 1.82) is 0 Å². The van der Waals surface area contributed by atoms with Crippen LogP contribution in [0.25, 0.3) is 0 Å². The van der Waals surface area contributed by atoms with Crippen molar-refractivity contribution >= 4 is 5.91 Å². The molecule has 0 saturated carbocycles. The molecular weight excluding hydrogens is 871 g/mol. The Labute approximate surface area is 411 Å². The third kappa shape index (κ3) is 27.1. The summed E-state index contributed by atoms with van der Waals surface area (Å²) < 4.78 is 22.6. The molecule has 0 aromatic rings. The summed E-state index contributed by atoms with van der Waals surface area (Å²) in [6.07, 6.45) is 31.3. The zero-order chi connectivity index (χ0) is 49.6. The molecule has 0 aromatic heterocycles. The summed E-state index contributed by atoms with van der Waals surface area (Å²) in [7, 11) is 0. The Morgan fingerprint density at radius 3 is 1.50 bits per heavy atom. The molecule has 14 nitrogen and oxygen atoms in total. The monoisotopic (exact) mass is 970 g/mol. The standard InChI is InChI=1S/C54H99NO13/c1-3-5-7-9-10-11-12-13-14-15-16-17-18-19-20-21-22-23-24-25-26-27-28-29-30-31-32-34-36-38-46(59)55-42(43(58)37-35-33-8-6-4-2)41-65-53-51(64)49(62)52(45(40-57)67-53)68-54-50(63)48(61)47(60)44(39-56)66-54/h12-13,15-16,35,37,42-45,47-54,56-58,60-64H,3-11,14,17-34,36,38-41H2,1-2H3,(H,55,59)/b13-12-,16-15-,37-35+. The lowest BCUT2D eigenvalue weighted by Gasteiger charge is -2.46. The molecule has 1 amide bonds. The Morgan fingerprint density at radius 1 is 0.529 bits per heavy atom. The van der Waals surface area contributed by atoms with E-state index in [4.69, 9.17) is 18.9 Å². The SMILES string of the molecule is CCCCC/C=C/C(O)C(COC1OC(CO)C(OC2OC(CO)C(O)C(O)C2O)C(O)C1O)NC(=O)CCCCCCCCCCCCCCCCCCC/C=C\C/C=C\CCCCCCC. The third-order valence-corrected chi connectivity index (χ3v) is 13.3. The number of ether oxygens (including phenoxy) is 4. The van der Waals surface area contributed by atoms with E-state index in [0.29, 0.717) is 6.42 Å². The minimum atomic E-state index is -1.78. The van der Waals surface area contributed by atoms with Crippen molar-refractivity contribution in [2.24, 2.45) is 0 Å². The molecule has 2 rings (SSSR count). The van der Waals surface area contributed by atoms with Crippen LogP contribution >= 0.6 is 0 Å². The Balaban J connectivity index is 1.59. The number of aliphatic hydroxyl groups excluding tert-OH is 8. The molecule has 2 saturated heterocycles. The highest BCUT2D eigenvalue weighted by molar-refractivity contribution is 5.76. The van der Waals surface area contributed by atoms with E-state index in [1.165, 1.54) is 128 Å². The molecular formula is C54H99NO13. The van der Waals surface area contributed by atoms with E-state index >= 15 is 0 Å². The van der Waals surface area contributed by atoms with E-state index in [9.17, 15) is 45.6 Å². The number of carbonyl (C=O) groups excluding carboxylic acids is 1. The largest absolute Gasteiger partial charge is 0.394 e. The number of hydrogen-bond acceptors (Lipinski definition) is 13. The van der Waals surface area contributed by atoms with Crippen LogP contribution in [-0.2, 0) is 23.7 Å². The van der Waals surface area contributed by atoms with Gasteiger partial charge in [0, 0.05) is 6.42 Å². The van der Waals surface area contributed by atoms with Crippen molar-refractivity contribution in [2.75, 3.05) is 19.8 Å². The predicted octanol–water partition coefficient (Wildman–Crippen LogP) is 7.88. The van der Waals surface area contributed by atoms with Crippen LogP contribution in [0.4, 0.5) is 0 Å². The van der Waals surface area contributed by atoms with E-state index in [-0.39, 0.29) is 18.9 Å². The lowest BCUT2D eigenvalue weighted by Crippen LogP contribution is -2.65. The molecule has 0 bridgehead atoms. The van der Waals surface area contributed by atoms with Crippen LogP contribution in [0.2, 0.25) is 0 Å². The highest BCUT2D eigenvalue weighted by Gasteiger charge is 2.51. The minimum absolute atomic E-state index is 0.246. The zero-order valence-electron chi connectivity index (χ0n) is 42.3. The van der Waals surface area contributed by atoms with Gasteiger partial charge in [0.2, 0.25) is 5.91 Å². The number of carbonyl (C=O) groups is 1. The summed E-state index contributed by atoms with van der Waals surface area (Å²) in [5.74, 6) is -0.246. The first-order chi connectivity index (χ1) is 33.1. The smallest absolute Gasteiger partial charge is 0.220 e. The Morgan fingerprint density at radius 2 is 0.971 bits per heavy atom. The van der Waals surface area contributed by atoms with Gasteiger partial charge in [-0.3, -0.25) is 4.79 Å². The first-order valence-electron chi connectivity index (χ1n) is 27.2. The summed E-state index contributed by atoms with van der Waals surface area (Å²) in [4.78, 5) is 13.1. The fraction of sp³-hybridized carbons (Fsp3) is 0.870. The fourth-order valence-corrected chi connectivity index (χ4v) is 8.85. The quantitative estimate of drug-likeness (QED) is 0.0210. The molecule has 0 aliphatic carbocycles. The molecule has 0 aromatic carbocycles. The number of amides is 1. The highest BCUT2D eigenvalue weighted by Crippen LogP contribution is 2.30. The molecule has 2 aliphatic heterocycles. The molecule has 2 fully saturated rings. The molecule has 12 unspecified atom stereocenters. The van der Waals surface area contributed by atoms with Crippen LogP contribution in [-0.4, -0.2) is 140 Å². The number of nitrogens with one attached hydrogen (secondary N) is 1. The summed E-state index contributed by atoms with van der Waals surface area (Å²) in [6.45, 7) is 2.65. The maximum Gasteiger partial charge on any atom is 0.220 e. The van der Waals surface area contributed by atoms with E-state index in [0.717, 1.165) is 51.4 Å². The van der Waals surface area contributed by atoms with Crippen molar-refractivity contribution in [1.82, 2.24) is 5.32 Å². The van der Waals surface area contributed by atoms with E-state index in [2.05, 4.69) is 43.5 Å². The van der Waals surface area contributed by atoms with Crippen molar-refractivity contribution < 1.29 is 64.6 Å². The van der Waals surface area contributed by atoms with Crippen LogP contribution in [0.3, 0.4) is 0 Å². The first-order valence-corrected chi connectivity index (χ1v) is 27.2. The fourth-order valence-electron chi connectivity index (χ4n) is 8.85. The molecule has 12 atom stereocenters. The number of unbranched alkanes of at least 4 members (excludes halogenated alkanes) is 25. The predicted molar refractivity (Wildman–Crippen MR) is 268 cm³/mol. The topological polar surface area (TPSA) is 228 Å². The van der Waals surface area contributed by atoms with Gasteiger partial charge < -0.3 is 65.1 Å². The van der Waals surface area contributed by atoms with Gasteiger partial charge in [-0.15, -0.1) is 0 Å². The molecule has 0 radical (unpaired) electrons. The molecule has 9 N–H and O–H groups in total. The van der Waals surface area contributed by atoms with Crippen molar-refractivity contribution in [3.05, 3.63) is 36.5 Å². The van der Waals surface area contributed by atoms with Crippen molar-refractivity contribution in [2.45, 2.75) is 280 Å². The third-order valence-electron chi connectivity index (χ3n) is 13.3. The van der Waals surface area contributed by atoms with Crippen LogP contribution in [0.15, 0.2) is 36.5 Å². The lowest BCUT2D eigenvalue weighted by atomic mass is 9.97.